The summed E-state index contributed by atoms with van der Waals surface area (Å²) in [5.74, 6) is -1.36. The number of hydrogen-bond donors (Lipinski definition) is 3. The minimum atomic E-state index is -4.95. The molecule has 528 valence electrons. The van der Waals surface area contributed by atoms with Crippen LogP contribution in [0.4, 0.5) is 0 Å². The van der Waals surface area contributed by atoms with Gasteiger partial charge in [0, 0.05) is 25.7 Å². The topological polar surface area (TPSA) is 237 Å². The van der Waals surface area contributed by atoms with Gasteiger partial charge in [-0.3, -0.25) is 37.3 Å². The third-order valence-corrected chi connectivity index (χ3v) is 18.2. The van der Waals surface area contributed by atoms with Crippen LogP contribution in [0.15, 0.2) is 0 Å². The molecule has 0 fully saturated rings. The monoisotopic (exact) mass is 1310 g/mol. The molecular formula is C70H136O17P2. The van der Waals surface area contributed by atoms with E-state index < -0.39 is 97.5 Å². The molecule has 0 radical (unpaired) electrons. The van der Waals surface area contributed by atoms with Gasteiger partial charge in [0.2, 0.25) is 0 Å². The zero-order chi connectivity index (χ0) is 65.6. The number of aliphatic hydroxyl groups is 1. The van der Waals surface area contributed by atoms with Gasteiger partial charge < -0.3 is 33.8 Å². The van der Waals surface area contributed by atoms with Crippen LogP contribution in [0.5, 0.6) is 0 Å². The largest absolute Gasteiger partial charge is 0.472 e. The second-order valence-electron chi connectivity index (χ2n) is 25.7. The molecule has 19 heteroatoms. The Morgan fingerprint density at radius 3 is 0.764 bits per heavy atom. The van der Waals surface area contributed by atoms with Crippen molar-refractivity contribution in [3.05, 3.63) is 0 Å². The molecule has 2 unspecified atom stereocenters. The van der Waals surface area contributed by atoms with Crippen LogP contribution in [-0.4, -0.2) is 96.7 Å². The molecule has 0 saturated heterocycles. The number of esters is 4. The molecule has 0 saturated carbocycles. The molecule has 0 spiro atoms. The number of aliphatic hydroxyl groups excluding tert-OH is 1. The van der Waals surface area contributed by atoms with Crippen molar-refractivity contribution in [3.63, 3.8) is 0 Å². The number of rotatable bonds is 70. The summed E-state index contributed by atoms with van der Waals surface area (Å²) in [5, 5.41) is 10.5. The molecule has 0 aliphatic rings. The highest BCUT2D eigenvalue weighted by atomic mass is 31.2. The van der Waals surface area contributed by atoms with Crippen LogP contribution in [0.3, 0.4) is 0 Å². The lowest BCUT2D eigenvalue weighted by Gasteiger charge is -2.21. The third-order valence-electron chi connectivity index (χ3n) is 16.3. The predicted octanol–water partition coefficient (Wildman–Crippen LogP) is 20.1. The maximum Gasteiger partial charge on any atom is 0.472 e. The molecule has 0 bridgehead atoms. The average Bonchev–Trinajstić information content (AvgIpc) is 3.67. The number of unbranched alkanes of at least 4 members (excludes halogenated alkanes) is 42. The van der Waals surface area contributed by atoms with E-state index >= 15 is 0 Å². The SMILES string of the molecule is CCCCCCCCCCCCCCCCCCCCCCC(=O)O[C@H](COC(=O)CCCCCCCCCCCCCC(C)C)COP(=O)(O)OC[C@@H](O)COP(=O)(O)OC[C@@H](COC(=O)CCCCCCC)OC(=O)CCCCCCCCCCCC. The van der Waals surface area contributed by atoms with Crippen molar-refractivity contribution in [1.82, 2.24) is 0 Å². The van der Waals surface area contributed by atoms with Gasteiger partial charge in [-0.15, -0.1) is 0 Å². The van der Waals surface area contributed by atoms with Crippen molar-refractivity contribution in [2.75, 3.05) is 39.6 Å². The molecule has 0 aliphatic carbocycles. The van der Waals surface area contributed by atoms with Crippen LogP contribution in [-0.2, 0) is 65.4 Å². The van der Waals surface area contributed by atoms with E-state index in [-0.39, 0.29) is 25.7 Å². The molecule has 0 aromatic rings. The first kappa shape index (κ1) is 87.1. The summed E-state index contributed by atoms with van der Waals surface area (Å²) in [6, 6.07) is 0. The number of carbonyl (C=O) groups is 4. The van der Waals surface area contributed by atoms with E-state index in [1.165, 1.54) is 180 Å². The van der Waals surface area contributed by atoms with Gasteiger partial charge in [0.05, 0.1) is 26.4 Å². The molecule has 3 N–H and O–H groups in total. The van der Waals surface area contributed by atoms with Crippen LogP contribution in [0.1, 0.15) is 362 Å². The zero-order valence-electron chi connectivity index (χ0n) is 57.6. The van der Waals surface area contributed by atoms with Crippen LogP contribution in [0.25, 0.3) is 0 Å². The fourth-order valence-electron chi connectivity index (χ4n) is 10.6. The van der Waals surface area contributed by atoms with Gasteiger partial charge in [0.25, 0.3) is 0 Å². The quantitative estimate of drug-likeness (QED) is 0.0222. The molecule has 0 rings (SSSR count). The van der Waals surface area contributed by atoms with Gasteiger partial charge in [-0.05, 0) is 31.6 Å². The summed E-state index contributed by atoms with van der Waals surface area (Å²) in [5.41, 5.74) is 0. The van der Waals surface area contributed by atoms with Crippen LogP contribution < -0.4 is 0 Å². The molecule has 0 aliphatic heterocycles. The Bertz CT molecular complexity index is 1720. The fraction of sp³-hybridized carbons (Fsp3) is 0.943. The number of ether oxygens (including phenoxy) is 4. The highest BCUT2D eigenvalue weighted by Crippen LogP contribution is 2.45. The number of phosphoric ester groups is 2. The average molecular weight is 1310 g/mol. The number of hydrogen-bond acceptors (Lipinski definition) is 15. The zero-order valence-corrected chi connectivity index (χ0v) is 59.4. The molecule has 0 aromatic carbocycles. The third kappa shape index (κ3) is 64.6. The summed E-state index contributed by atoms with van der Waals surface area (Å²) >= 11 is 0. The second-order valence-corrected chi connectivity index (χ2v) is 28.7. The maximum atomic E-state index is 13.0. The lowest BCUT2D eigenvalue weighted by molar-refractivity contribution is -0.161. The Kier molecular flexibility index (Phi) is 62.1. The second kappa shape index (κ2) is 63.5. The highest BCUT2D eigenvalue weighted by molar-refractivity contribution is 7.47. The van der Waals surface area contributed by atoms with Crippen LogP contribution in [0.2, 0.25) is 0 Å². The van der Waals surface area contributed by atoms with Crippen molar-refractivity contribution < 1.29 is 80.2 Å². The Hall–Kier alpha value is -1.94. The van der Waals surface area contributed by atoms with Crippen molar-refractivity contribution in [3.8, 4) is 0 Å². The summed E-state index contributed by atoms with van der Waals surface area (Å²) in [6.45, 7) is 7.15. The lowest BCUT2D eigenvalue weighted by Crippen LogP contribution is -2.30. The summed E-state index contributed by atoms with van der Waals surface area (Å²) in [7, 11) is -9.89. The molecule has 0 amide bonds. The minimum absolute atomic E-state index is 0.106. The summed E-state index contributed by atoms with van der Waals surface area (Å²) in [4.78, 5) is 72.2. The van der Waals surface area contributed by atoms with E-state index in [0.29, 0.717) is 25.7 Å². The van der Waals surface area contributed by atoms with E-state index in [4.69, 9.17) is 37.0 Å². The van der Waals surface area contributed by atoms with Gasteiger partial charge in [-0.2, -0.15) is 0 Å². The van der Waals surface area contributed by atoms with Gasteiger partial charge in [-0.25, -0.2) is 9.13 Å². The normalized spacial score (nSPS) is 14.1. The van der Waals surface area contributed by atoms with E-state index in [9.17, 15) is 43.2 Å². The van der Waals surface area contributed by atoms with Crippen LogP contribution >= 0.6 is 15.6 Å². The highest BCUT2D eigenvalue weighted by Gasteiger charge is 2.30. The fourth-order valence-corrected chi connectivity index (χ4v) is 12.2. The molecule has 89 heavy (non-hydrogen) atoms. The van der Waals surface area contributed by atoms with Gasteiger partial charge in [0.1, 0.15) is 19.3 Å². The number of phosphoric acid groups is 2. The molecule has 5 atom stereocenters. The van der Waals surface area contributed by atoms with E-state index in [1.807, 2.05) is 0 Å². The first-order valence-corrected chi connectivity index (χ1v) is 39.6. The molecular weight excluding hydrogens is 1170 g/mol. The van der Waals surface area contributed by atoms with Gasteiger partial charge in [0.15, 0.2) is 12.2 Å². The van der Waals surface area contributed by atoms with Crippen molar-refractivity contribution >= 4 is 39.5 Å². The summed E-state index contributed by atoms with van der Waals surface area (Å²) < 4.78 is 68.0. The number of carbonyl (C=O) groups excluding carboxylic acids is 4. The Morgan fingerprint density at radius 1 is 0.303 bits per heavy atom. The Balaban J connectivity index is 5.12. The summed E-state index contributed by atoms with van der Waals surface area (Å²) in [6.07, 6.45) is 50.4. The minimum Gasteiger partial charge on any atom is -0.462 e. The van der Waals surface area contributed by atoms with Gasteiger partial charge >= 0.3 is 39.5 Å². The van der Waals surface area contributed by atoms with E-state index in [2.05, 4.69) is 34.6 Å². The smallest absolute Gasteiger partial charge is 0.462 e. The molecule has 0 aromatic heterocycles. The van der Waals surface area contributed by atoms with Crippen molar-refractivity contribution in [1.29, 1.82) is 0 Å². The van der Waals surface area contributed by atoms with E-state index in [1.54, 1.807) is 0 Å². The molecule has 17 nitrogen and oxygen atoms in total. The van der Waals surface area contributed by atoms with Crippen molar-refractivity contribution in [2.45, 2.75) is 380 Å². The first-order valence-electron chi connectivity index (χ1n) is 36.6. The molecule has 0 heterocycles. The maximum absolute atomic E-state index is 13.0. The Labute approximate surface area is 543 Å². The lowest BCUT2D eigenvalue weighted by atomic mass is 10.0. The van der Waals surface area contributed by atoms with Crippen LogP contribution in [0, 0.1) is 5.92 Å². The first-order chi connectivity index (χ1) is 43.0. The standard InChI is InChI=1S/C70H136O17P2/c1-6-9-12-15-17-19-21-22-23-24-25-26-27-28-29-32-37-41-46-51-56-70(75)87-66(60-81-68(73)54-49-44-39-36-33-30-31-34-38-43-47-52-63(4)5)62-85-89(78,79)83-58-64(71)57-82-88(76,77)84-61-65(59-80-67(72)53-48-42-14-11-8-3)86-69(74)55-50-45-40-35-20-18-16-13-10-7-2/h63-66,71H,6-62H2,1-5H3,(H,76,77)(H,78,79)/t64-,65+,66+/m0/s1. The van der Waals surface area contributed by atoms with Gasteiger partial charge in [-0.1, -0.05) is 311 Å². The predicted molar refractivity (Wildman–Crippen MR) is 358 cm³/mol. The van der Waals surface area contributed by atoms with E-state index in [0.717, 1.165) is 102 Å². The Morgan fingerprint density at radius 2 is 0.517 bits per heavy atom. The van der Waals surface area contributed by atoms with Crippen molar-refractivity contribution in [2.24, 2.45) is 5.92 Å².